The van der Waals surface area contributed by atoms with Gasteiger partial charge in [0.2, 0.25) is 11.8 Å². The molecule has 1 aromatic rings. The third kappa shape index (κ3) is 2.44. The molecule has 0 spiro atoms. The molecule has 0 radical (unpaired) electrons. The van der Waals surface area contributed by atoms with Crippen LogP contribution in [0.2, 0.25) is 0 Å². The van der Waals surface area contributed by atoms with Crippen LogP contribution in [0.4, 0.5) is 10.6 Å². The van der Waals surface area contributed by atoms with Crippen molar-refractivity contribution in [2.45, 2.75) is 31.8 Å². The van der Waals surface area contributed by atoms with Crippen LogP contribution in [0.15, 0.2) is 16.7 Å². The van der Waals surface area contributed by atoms with Gasteiger partial charge in [0.1, 0.15) is 16.5 Å². The van der Waals surface area contributed by atoms with Crippen molar-refractivity contribution >= 4 is 39.7 Å². The number of aromatic nitrogens is 1. The van der Waals surface area contributed by atoms with E-state index in [2.05, 4.69) is 26.2 Å². The Balaban J connectivity index is 1.83. The molecule has 2 fully saturated rings. The fraction of sp³-hybridized carbons (Fsp3) is 0.429. The van der Waals surface area contributed by atoms with Gasteiger partial charge in [0.05, 0.1) is 11.5 Å². The molecule has 2 aliphatic rings. The van der Waals surface area contributed by atoms with E-state index < -0.39 is 35.4 Å². The molecule has 9 heteroatoms. The minimum atomic E-state index is -1.23. The van der Waals surface area contributed by atoms with Crippen molar-refractivity contribution in [2.75, 3.05) is 5.32 Å². The number of hydrogen-bond donors (Lipinski definition) is 3. The Labute approximate surface area is 140 Å². The first-order valence-electron chi connectivity index (χ1n) is 7.01. The fourth-order valence-electron chi connectivity index (χ4n) is 3.21. The predicted octanol–water partition coefficient (Wildman–Crippen LogP) is 1.09. The lowest BCUT2D eigenvalue weighted by molar-refractivity contribution is -0.123. The number of amides is 3. The van der Waals surface area contributed by atoms with E-state index in [1.54, 1.807) is 19.1 Å². The molecule has 3 unspecified atom stereocenters. The van der Waals surface area contributed by atoms with Crippen molar-refractivity contribution in [3.63, 3.8) is 0 Å². The Bertz CT molecular complexity index is 725. The summed E-state index contributed by atoms with van der Waals surface area (Å²) >= 11 is 3.22. The zero-order chi connectivity index (χ0) is 16.9. The summed E-state index contributed by atoms with van der Waals surface area (Å²) in [5.74, 6) is -0.710. The lowest BCUT2D eigenvalue weighted by Crippen LogP contribution is -2.45. The van der Waals surface area contributed by atoms with Crippen molar-refractivity contribution in [3.05, 3.63) is 22.3 Å². The maximum absolute atomic E-state index is 12.5. The lowest BCUT2D eigenvalue weighted by atomic mass is 9.98. The summed E-state index contributed by atoms with van der Waals surface area (Å²) in [7, 11) is 0. The van der Waals surface area contributed by atoms with E-state index in [9.17, 15) is 19.5 Å². The van der Waals surface area contributed by atoms with Crippen LogP contribution in [-0.4, -0.2) is 45.0 Å². The predicted molar refractivity (Wildman–Crippen MR) is 83.6 cm³/mol. The molecule has 1 saturated heterocycles. The maximum atomic E-state index is 12.5. The molecule has 3 amide bonds. The number of nitrogens with two attached hydrogens (primary N) is 1. The largest absolute Gasteiger partial charge is 0.465 e. The standard InChI is InChI=1S/C14H15BrN4O4/c1-6-2-3-9(15)17-10(6)18-11(20)7-4-14(12(16)21)5-8(14)19(7)13(22)23/h2-3,7-8H,4-5H2,1H3,(H2,16,21)(H,22,23)(H,17,18,20). The van der Waals surface area contributed by atoms with Gasteiger partial charge in [-0.2, -0.15) is 0 Å². The van der Waals surface area contributed by atoms with Gasteiger partial charge in [-0.25, -0.2) is 9.78 Å². The van der Waals surface area contributed by atoms with Gasteiger partial charge in [0.25, 0.3) is 0 Å². The van der Waals surface area contributed by atoms with E-state index in [0.29, 0.717) is 16.8 Å². The number of fused-ring (bicyclic) bond motifs is 1. The number of pyridine rings is 1. The molecule has 122 valence electrons. The Morgan fingerprint density at radius 3 is 2.74 bits per heavy atom. The minimum Gasteiger partial charge on any atom is -0.465 e. The van der Waals surface area contributed by atoms with Crippen molar-refractivity contribution in [3.8, 4) is 0 Å². The number of piperidine rings is 1. The van der Waals surface area contributed by atoms with Crippen LogP contribution in [0.1, 0.15) is 18.4 Å². The summed E-state index contributed by atoms with van der Waals surface area (Å²) in [5, 5.41) is 12.0. The monoisotopic (exact) mass is 382 g/mol. The number of rotatable bonds is 3. The van der Waals surface area contributed by atoms with Gasteiger partial charge in [-0.05, 0) is 47.3 Å². The fourth-order valence-corrected chi connectivity index (χ4v) is 3.52. The van der Waals surface area contributed by atoms with E-state index >= 15 is 0 Å². The number of aryl methyl sites for hydroxylation is 1. The number of nitrogens with one attached hydrogen (secondary N) is 1. The van der Waals surface area contributed by atoms with Gasteiger partial charge in [0.15, 0.2) is 0 Å². The van der Waals surface area contributed by atoms with Gasteiger partial charge < -0.3 is 16.2 Å². The molecule has 1 aromatic heterocycles. The van der Waals surface area contributed by atoms with E-state index in [1.165, 1.54) is 0 Å². The average Bonchev–Trinajstić information content (AvgIpc) is 3.08. The summed E-state index contributed by atoms with van der Waals surface area (Å²) in [6.07, 6.45) is -0.736. The van der Waals surface area contributed by atoms with Gasteiger partial charge in [-0.3, -0.25) is 14.5 Å². The summed E-state index contributed by atoms with van der Waals surface area (Å²) in [5.41, 5.74) is 5.23. The number of carbonyl (C=O) groups is 3. The quantitative estimate of drug-likeness (QED) is 0.674. The normalized spacial score (nSPS) is 28.2. The molecule has 23 heavy (non-hydrogen) atoms. The van der Waals surface area contributed by atoms with Gasteiger partial charge in [-0.15, -0.1) is 0 Å². The summed E-state index contributed by atoms with van der Waals surface area (Å²) < 4.78 is 0.552. The molecule has 8 nitrogen and oxygen atoms in total. The van der Waals surface area contributed by atoms with Crippen LogP contribution in [0.5, 0.6) is 0 Å². The average molecular weight is 383 g/mol. The van der Waals surface area contributed by atoms with Gasteiger partial charge in [0, 0.05) is 0 Å². The molecular weight excluding hydrogens is 368 g/mol. The zero-order valence-corrected chi connectivity index (χ0v) is 13.8. The SMILES string of the molecule is Cc1ccc(Br)nc1NC(=O)C1CC2(C(N)=O)CC2N1C(=O)O. The lowest BCUT2D eigenvalue weighted by Gasteiger charge is -2.23. The van der Waals surface area contributed by atoms with Crippen LogP contribution in [0.25, 0.3) is 0 Å². The Morgan fingerprint density at radius 2 is 2.13 bits per heavy atom. The molecule has 3 rings (SSSR count). The Kier molecular flexibility index (Phi) is 3.55. The first-order chi connectivity index (χ1) is 10.8. The zero-order valence-electron chi connectivity index (χ0n) is 12.2. The second kappa shape index (κ2) is 5.19. The molecular formula is C14H15BrN4O4. The Morgan fingerprint density at radius 1 is 1.43 bits per heavy atom. The number of carbonyl (C=O) groups excluding carboxylic acids is 2. The summed E-state index contributed by atoms with van der Waals surface area (Å²) in [6.45, 7) is 1.78. The van der Waals surface area contributed by atoms with Crippen molar-refractivity contribution in [1.29, 1.82) is 0 Å². The number of nitrogens with zero attached hydrogens (tertiary/aromatic N) is 2. The third-order valence-corrected chi connectivity index (χ3v) is 5.02. The molecule has 4 N–H and O–H groups in total. The van der Waals surface area contributed by atoms with E-state index in [1.807, 2.05) is 0 Å². The van der Waals surface area contributed by atoms with Crippen LogP contribution in [0, 0.1) is 12.3 Å². The van der Waals surface area contributed by atoms with Crippen LogP contribution in [0.3, 0.4) is 0 Å². The number of halogens is 1. The number of carboxylic acid groups (broad SMARTS) is 1. The highest BCUT2D eigenvalue weighted by atomic mass is 79.9. The number of anilines is 1. The van der Waals surface area contributed by atoms with Crippen molar-refractivity contribution in [2.24, 2.45) is 11.1 Å². The highest BCUT2D eigenvalue weighted by Gasteiger charge is 2.71. The topological polar surface area (TPSA) is 126 Å². The van der Waals surface area contributed by atoms with E-state index in [4.69, 9.17) is 5.73 Å². The van der Waals surface area contributed by atoms with Crippen molar-refractivity contribution in [1.82, 2.24) is 9.88 Å². The van der Waals surface area contributed by atoms with Crippen molar-refractivity contribution < 1.29 is 19.5 Å². The van der Waals surface area contributed by atoms with Gasteiger partial charge >= 0.3 is 6.09 Å². The summed E-state index contributed by atoms with van der Waals surface area (Å²) in [4.78, 5) is 40.8. The smallest absolute Gasteiger partial charge is 0.408 e. The Hall–Kier alpha value is -2.16. The summed E-state index contributed by atoms with van der Waals surface area (Å²) in [6, 6.07) is 2.06. The second-order valence-corrected chi connectivity index (χ2v) is 6.75. The van der Waals surface area contributed by atoms with E-state index in [-0.39, 0.29) is 6.42 Å². The highest BCUT2D eigenvalue weighted by molar-refractivity contribution is 9.10. The molecule has 3 atom stereocenters. The number of primary amides is 1. The first kappa shape index (κ1) is 15.7. The molecule has 1 aliphatic heterocycles. The first-order valence-corrected chi connectivity index (χ1v) is 7.81. The number of likely N-dealkylation sites (tertiary alicyclic amines) is 1. The second-order valence-electron chi connectivity index (χ2n) is 5.94. The van der Waals surface area contributed by atoms with Crippen LogP contribution in [-0.2, 0) is 9.59 Å². The maximum Gasteiger partial charge on any atom is 0.408 e. The van der Waals surface area contributed by atoms with E-state index in [0.717, 1.165) is 10.5 Å². The molecule has 1 saturated carbocycles. The molecule has 0 bridgehead atoms. The highest BCUT2D eigenvalue weighted by Crippen LogP contribution is 2.59. The van der Waals surface area contributed by atoms with Crippen LogP contribution < -0.4 is 11.1 Å². The minimum absolute atomic E-state index is 0.109. The molecule has 2 heterocycles. The third-order valence-electron chi connectivity index (χ3n) is 4.58. The number of hydrogen-bond acceptors (Lipinski definition) is 4. The van der Waals surface area contributed by atoms with Gasteiger partial charge in [-0.1, -0.05) is 6.07 Å². The molecule has 0 aromatic carbocycles. The molecule has 1 aliphatic carbocycles. The van der Waals surface area contributed by atoms with Crippen LogP contribution >= 0.6 is 15.9 Å².